The van der Waals surface area contributed by atoms with E-state index in [9.17, 15) is 60.0 Å². The molecule has 4 aromatic carbocycles. The van der Waals surface area contributed by atoms with Crippen molar-refractivity contribution in [2.75, 3.05) is 56.5 Å². The van der Waals surface area contributed by atoms with E-state index in [1.54, 1.807) is 24.3 Å². The third-order valence-electron chi connectivity index (χ3n) is 11.5. The Kier molecular flexibility index (Phi) is 13.2. The average Bonchev–Trinajstić information content (AvgIpc) is 3.77. The van der Waals surface area contributed by atoms with Crippen molar-refractivity contribution in [3.63, 3.8) is 0 Å². The van der Waals surface area contributed by atoms with Crippen LogP contribution in [0.15, 0.2) is 107 Å². The molecule has 0 aliphatic carbocycles. The van der Waals surface area contributed by atoms with Gasteiger partial charge in [0.1, 0.15) is 11.6 Å². The second kappa shape index (κ2) is 18.7. The van der Waals surface area contributed by atoms with E-state index < -0.39 is 65.0 Å². The fourth-order valence-corrected chi connectivity index (χ4v) is 8.18. The third-order valence-corrected chi connectivity index (χ3v) is 11.5. The fourth-order valence-electron chi connectivity index (χ4n) is 8.18. The van der Waals surface area contributed by atoms with Gasteiger partial charge < -0.3 is 31.1 Å². The minimum Gasteiger partial charge on any atom is -0.357 e. The predicted molar refractivity (Wildman–Crippen MR) is 223 cm³/mol. The summed E-state index contributed by atoms with van der Waals surface area (Å²) in [5, 5.41) is 24.1. The van der Waals surface area contributed by atoms with Crippen LogP contribution >= 0.6 is 0 Å². The molecule has 66 heavy (non-hydrogen) atoms. The first-order valence-electron chi connectivity index (χ1n) is 20.4. The zero-order valence-corrected chi connectivity index (χ0v) is 34.9. The van der Waals surface area contributed by atoms with E-state index in [0.717, 1.165) is 17.0 Å². The van der Waals surface area contributed by atoms with Gasteiger partial charge in [-0.05, 0) is 105 Å². The first-order valence-corrected chi connectivity index (χ1v) is 20.4. The number of nitriles is 2. The standard InChI is InChI=1S/C46H39F8N9O3/c1-60(16-2-18-61-24-36(58-30-12-14-34(47)32(20-30)45(49,50)51)38(42(61)64)40(57)28-8-4-26(22-55)5-9-28)17-3-19-62-25-37-39(43(62)65)41(29-10-6-27(23-56)7-11-29)59-44(66)63(37)31-13-15-35(48)33(21-31)46(52,53)54/h4-15,20-21,40-41,58H,2-3,16-19,24-25,57H2,1H3,(H,59,66). The van der Waals surface area contributed by atoms with E-state index in [-0.39, 0.29) is 60.1 Å². The maximum atomic E-state index is 14.3. The van der Waals surface area contributed by atoms with Gasteiger partial charge in [0.15, 0.2) is 0 Å². The van der Waals surface area contributed by atoms with Gasteiger partial charge in [-0.15, -0.1) is 0 Å². The van der Waals surface area contributed by atoms with Crippen LogP contribution in [0.1, 0.15) is 58.3 Å². The second-order valence-corrected chi connectivity index (χ2v) is 15.9. The molecule has 0 radical (unpaired) electrons. The van der Waals surface area contributed by atoms with Gasteiger partial charge >= 0.3 is 18.4 Å². The molecule has 342 valence electrons. The maximum absolute atomic E-state index is 14.3. The van der Waals surface area contributed by atoms with Crippen LogP contribution in [0.2, 0.25) is 0 Å². The van der Waals surface area contributed by atoms with Crippen molar-refractivity contribution in [3.8, 4) is 12.1 Å². The number of amides is 4. The molecule has 7 rings (SSSR count). The number of nitrogens with zero attached hydrogens (tertiary/aromatic N) is 6. The Morgan fingerprint density at radius 3 is 1.89 bits per heavy atom. The number of nitrogens with one attached hydrogen (secondary N) is 2. The van der Waals surface area contributed by atoms with Crippen molar-refractivity contribution in [1.29, 1.82) is 10.5 Å². The Labute approximate surface area is 372 Å². The van der Waals surface area contributed by atoms with Gasteiger partial charge in [-0.1, -0.05) is 24.3 Å². The number of alkyl halides is 6. The molecule has 0 aromatic heterocycles. The molecular weight excluding hydrogens is 879 g/mol. The van der Waals surface area contributed by atoms with Crippen molar-refractivity contribution in [1.82, 2.24) is 20.0 Å². The van der Waals surface area contributed by atoms with Crippen molar-refractivity contribution < 1.29 is 49.5 Å². The van der Waals surface area contributed by atoms with Crippen LogP contribution in [0.25, 0.3) is 0 Å². The Balaban J connectivity index is 1.01. The summed E-state index contributed by atoms with van der Waals surface area (Å²) in [6.07, 6.45) is -9.22. The molecule has 4 aromatic rings. The Morgan fingerprint density at radius 2 is 1.32 bits per heavy atom. The number of carbonyl (C=O) groups excluding carboxylic acids is 3. The van der Waals surface area contributed by atoms with E-state index in [4.69, 9.17) is 5.73 Å². The highest BCUT2D eigenvalue weighted by Crippen LogP contribution is 2.41. The zero-order chi connectivity index (χ0) is 47.7. The van der Waals surface area contributed by atoms with Crippen LogP contribution in [0.3, 0.4) is 0 Å². The lowest BCUT2D eigenvalue weighted by Gasteiger charge is -2.34. The minimum absolute atomic E-state index is 0.0530. The molecule has 0 saturated carbocycles. The number of carbonyl (C=O) groups is 3. The smallest absolute Gasteiger partial charge is 0.357 e. The molecule has 20 heteroatoms. The molecule has 2 atom stereocenters. The van der Waals surface area contributed by atoms with E-state index >= 15 is 0 Å². The highest BCUT2D eigenvalue weighted by molar-refractivity contribution is 6.07. The molecule has 0 fully saturated rings. The van der Waals surface area contributed by atoms with Crippen LogP contribution in [-0.2, 0) is 21.9 Å². The van der Waals surface area contributed by atoms with Gasteiger partial charge in [-0.2, -0.15) is 36.9 Å². The number of hydrogen-bond donors (Lipinski definition) is 3. The first kappa shape index (κ1) is 46.7. The largest absolute Gasteiger partial charge is 0.419 e. The third kappa shape index (κ3) is 9.70. The number of anilines is 2. The fraction of sp³-hybridized carbons (Fsp3) is 0.283. The summed E-state index contributed by atoms with van der Waals surface area (Å²) < 4.78 is 110. The van der Waals surface area contributed by atoms with E-state index in [0.29, 0.717) is 72.5 Å². The lowest BCUT2D eigenvalue weighted by atomic mass is 9.94. The summed E-state index contributed by atoms with van der Waals surface area (Å²) in [6, 6.07) is 17.9. The van der Waals surface area contributed by atoms with Gasteiger partial charge in [0.2, 0.25) is 0 Å². The number of halogens is 8. The van der Waals surface area contributed by atoms with Gasteiger partial charge in [-0.3, -0.25) is 14.5 Å². The molecule has 3 aliphatic heterocycles. The summed E-state index contributed by atoms with van der Waals surface area (Å²) in [6.45, 7) is 1.03. The molecule has 2 unspecified atom stereocenters. The SMILES string of the molecule is CN(CCCN1CC(Nc2ccc(F)c(C(F)(F)F)c2)=C(C(N)c2ccc(C#N)cc2)C1=O)CCCN1CC2=C(C1=O)C(c1ccc(C#N)cc1)NC(=O)N2c1ccc(F)c(C(F)(F)F)c1. The molecule has 3 heterocycles. The molecule has 0 bridgehead atoms. The average molecular weight is 918 g/mol. The molecule has 4 amide bonds. The van der Waals surface area contributed by atoms with Crippen molar-refractivity contribution in [3.05, 3.63) is 152 Å². The van der Waals surface area contributed by atoms with Gasteiger partial charge in [0.05, 0.1) is 82.1 Å². The van der Waals surface area contributed by atoms with Gasteiger partial charge in [-0.25, -0.2) is 13.6 Å². The number of benzene rings is 4. The number of rotatable bonds is 14. The highest BCUT2D eigenvalue weighted by Gasteiger charge is 2.45. The predicted octanol–water partition coefficient (Wildman–Crippen LogP) is 7.73. The lowest BCUT2D eigenvalue weighted by molar-refractivity contribution is -0.140. The van der Waals surface area contributed by atoms with Gasteiger partial charge in [0.25, 0.3) is 11.8 Å². The molecule has 3 aliphatic rings. The topological polar surface area (TPSA) is 162 Å². The molecule has 12 nitrogen and oxygen atoms in total. The summed E-state index contributed by atoms with van der Waals surface area (Å²) in [5.74, 6) is -3.96. The Hall–Kier alpha value is -7.29. The van der Waals surface area contributed by atoms with Crippen molar-refractivity contribution >= 4 is 29.2 Å². The van der Waals surface area contributed by atoms with Gasteiger partial charge in [0, 0.05) is 24.5 Å². The lowest BCUT2D eigenvalue weighted by Crippen LogP contribution is -2.47. The molecule has 0 saturated heterocycles. The van der Waals surface area contributed by atoms with Crippen LogP contribution < -0.4 is 21.3 Å². The van der Waals surface area contributed by atoms with Crippen LogP contribution in [0.5, 0.6) is 0 Å². The monoisotopic (exact) mass is 917 g/mol. The maximum Gasteiger partial charge on any atom is 0.419 e. The summed E-state index contributed by atoms with van der Waals surface area (Å²) in [7, 11) is 1.81. The molecule has 0 spiro atoms. The molecule has 4 N–H and O–H groups in total. The van der Waals surface area contributed by atoms with E-state index in [1.165, 1.54) is 34.1 Å². The van der Waals surface area contributed by atoms with Crippen molar-refractivity contribution in [2.45, 2.75) is 37.3 Å². The summed E-state index contributed by atoms with van der Waals surface area (Å²) >= 11 is 0. The number of hydrogen-bond acceptors (Lipinski definition) is 8. The minimum atomic E-state index is -5.07. The number of nitrogens with two attached hydrogens (primary N) is 1. The Morgan fingerprint density at radius 1 is 0.773 bits per heavy atom. The van der Waals surface area contributed by atoms with E-state index in [1.807, 2.05) is 24.1 Å². The summed E-state index contributed by atoms with van der Waals surface area (Å²) in [4.78, 5) is 47.4. The summed E-state index contributed by atoms with van der Waals surface area (Å²) in [5.41, 5.74) is 5.16. The van der Waals surface area contributed by atoms with E-state index in [2.05, 4.69) is 10.6 Å². The number of urea groups is 1. The van der Waals surface area contributed by atoms with Crippen molar-refractivity contribution in [2.24, 2.45) is 5.73 Å². The van der Waals surface area contributed by atoms with Crippen LogP contribution in [0.4, 0.5) is 51.3 Å². The van der Waals surface area contributed by atoms with Crippen LogP contribution in [-0.4, -0.2) is 78.9 Å². The Bertz CT molecular complexity index is 2710. The normalized spacial score (nSPS) is 17.1. The zero-order valence-electron chi connectivity index (χ0n) is 34.9. The second-order valence-electron chi connectivity index (χ2n) is 15.9. The highest BCUT2D eigenvalue weighted by atomic mass is 19.4. The quantitative estimate of drug-likeness (QED) is 0.108. The first-order chi connectivity index (χ1) is 31.3. The van der Waals surface area contributed by atoms with Crippen LogP contribution in [0, 0.1) is 34.3 Å². The molecular formula is C46H39F8N9O3.